The van der Waals surface area contributed by atoms with Gasteiger partial charge in [0.05, 0.1) is 13.2 Å². The molecular weight excluding hydrogens is 352 g/mol. The lowest BCUT2D eigenvalue weighted by molar-refractivity contribution is -0.144. The van der Waals surface area contributed by atoms with E-state index in [-0.39, 0.29) is 11.9 Å². The lowest BCUT2D eigenvalue weighted by atomic mass is 10.1. The molecule has 4 nitrogen and oxygen atoms in total. The summed E-state index contributed by atoms with van der Waals surface area (Å²) >= 11 is 0. The number of rotatable bonds is 10. The molecule has 2 aromatic rings. The molecule has 28 heavy (non-hydrogen) atoms. The molecule has 0 heterocycles. The van der Waals surface area contributed by atoms with Crippen LogP contribution >= 0.6 is 0 Å². The Morgan fingerprint density at radius 2 is 1.00 bits per heavy atom. The highest BCUT2D eigenvalue weighted by Gasteiger charge is 1.98. The third-order valence-corrected chi connectivity index (χ3v) is 4.01. The second kappa shape index (κ2) is 15.4. The quantitative estimate of drug-likeness (QED) is 0.420. The molecule has 0 unspecified atom stereocenters. The van der Waals surface area contributed by atoms with Crippen LogP contribution in [0.25, 0.3) is 0 Å². The summed E-state index contributed by atoms with van der Waals surface area (Å²) in [5, 5.41) is 0. The molecule has 0 bridgehead atoms. The Morgan fingerprint density at radius 3 is 1.32 bits per heavy atom. The molecule has 0 atom stereocenters. The first kappa shape index (κ1) is 23.4. The molecule has 0 aliphatic rings. The van der Waals surface area contributed by atoms with Crippen LogP contribution < -0.4 is 0 Å². The normalized spacial score (nSPS) is 9.79. The summed E-state index contributed by atoms with van der Waals surface area (Å²) < 4.78 is 9.95. The molecule has 0 fully saturated rings. The van der Waals surface area contributed by atoms with Gasteiger partial charge in [-0.05, 0) is 36.8 Å². The van der Waals surface area contributed by atoms with E-state index in [0.29, 0.717) is 26.1 Å². The molecule has 0 aromatic heterocycles. The fourth-order valence-electron chi connectivity index (χ4n) is 2.42. The van der Waals surface area contributed by atoms with E-state index in [4.69, 9.17) is 9.47 Å². The Labute approximate surface area is 168 Å². The highest BCUT2D eigenvalue weighted by Crippen LogP contribution is 2.03. The highest BCUT2D eigenvalue weighted by molar-refractivity contribution is 5.69. The molecule has 0 N–H and O–H groups in total. The second-order valence-electron chi connectivity index (χ2n) is 6.33. The van der Waals surface area contributed by atoms with Crippen molar-refractivity contribution in [3.05, 3.63) is 71.8 Å². The van der Waals surface area contributed by atoms with Crippen LogP contribution in [0, 0.1) is 0 Å². The predicted octanol–water partition coefficient (Wildman–Crippen LogP) is 5.14. The topological polar surface area (TPSA) is 52.6 Å². The van der Waals surface area contributed by atoms with Crippen LogP contribution in [0.1, 0.15) is 50.7 Å². The van der Waals surface area contributed by atoms with Crippen molar-refractivity contribution >= 4 is 11.9 Å². The van der Waals surface area contributed by atoms with E-state index in [1.54, 1.807) is 13.8 Å². The fourth-order valence-corrected chi connectivity index (χ4v) is 2.42. The van der Waals surface area contributed by atoms with Crippen molar-refractivity contribution in [2.24, 2.45) is 0 Å². The molecule has 0 amide bonds. The van der Waals surface area contributed by atoms with Gasteiger partial charge in [0.2, 0.25) is 0 Å². The van der Waals surface area contributed by atoms with Crippen molar-refractivity contribution in [1.82, 2.24) is 0 Å². The molecule has 0 radical (unpaired) electrons. The van der Waals surface area contributed by atoms with E-state index < -0.39 is 0 Å². The molecule has 2 rings (SSSR count). The summed E-state index contributed by atoms with van der Waals surface area (Å²) in [4.78, 5) is 21.6. The lowest BCUT2D eigenvalue weighted by Crippen LogP contribution is -2.04. The van der Waals surface area contributed by atoms with E-state index in [1.165, 1.54) is 11.1 Å². The van der Waals surface area contributed by atoms with Crippen molar-refractivity contribution in [1.29, 1.82) is 0 Å². The number of carbonyl (C=O) groups excluding carboxylic acids is 2. The van der Waals surface area contributed by atoms with Gasteiger partial charge in [-0.2, -0.15) is 0 Å². The zero-order chi connectivity index (χ0) is 20.5. The van der Waals surface area contributed by atoms with E-state index >= 15 is 0 Å². The summed E-state index contributed by atoms with van der Waals surface area (Å²) in [6.45, 7) is 4.67. The van der Waals surface area contributed by atoms with Crippen LogP contribution in [0.3, 0.4) is 0 Å². The monoisotopic (exact) mass is 384 g/mol. The number of benzene rings is 2. The lowest BCUT2D eigenvalue weighted by Gasteiger charge is -2.02. The summed E-state index contributed by atoms with van der Waals surface area (Å²) in [5.41, 5.74) is 2.58. The first-order chi connectivity index (χ1) is 13.7. The van der Waals surface area contributed by atoms with Gasteiger partial charge in [-0.25, -0.2) is 0 Å². The Kier molecular flexibility index (Phi) is 12.9. The van der Waals surface area contributed by atoms with Gasteiger partial charge < -0.3 is 9.47 Å². The first-order valence-electron chi connectivity index (χ1n) is 10.0. The summed E-state index contributed by atoms with van der Waals surface area (Å²) in [6.07, 6.45) is 4.66. The van der Waals surface area contributed by atoms with Gasteiger partial charge >= 0.3 is 11.9 Å². The number of hydrogen-bond acceptors (Lipinski definition) is 4. The molecule has 0 spiro atoms. The largest absolute Gasteiger partial charge is 0.466 e. The third-order valence-electron chi connectivity index (χ3n) is 4.01. The van der Waals surface area contributed by atoms with Crippen LogP contribution in [0.2, 0.25) is 0 Å². The smallest absolute Gasteiger partial charge is 0.305 e. The van der Waals surface area contributed by atoms with Crippen molar-refractivity contribution in [3.8, 4) is 0 Å². The summed E-state index contributed by atoms with van der Waals surface area (Å²) in [6, 6.07) is 20.4. The van der Waals surface area contributed by atoms with Crippen molar-refractivity contribution in [2.75, 3.05) is 13.2 Å². The van der Waals surface area contributed by atoms with Crippen molar-refractivity contribution in [3.63, 3.8) is 0 Å². The third kappa shape index (κ3) is 11.9. The summed E-state index contributed by atoms with van der Waals surface area (Å²) in [5.74, 6) is -0.226. The average Bonchev–Trinajstić information content (AvgIpc) is 2.76. The van der Waals surface area contributed by atoms with Crippen LogP contribution in [-0.4, -0.2) is 25.2 Å². The fraction of sp³-hybridized carbons (Fsp3) is 0.417. The minimum absolute atomic E-state index is 0.113. The number of hydrogen-bond donors (Lipinski definition) is 0. The highest BCUT2D eigenvalue weighted by atomic mass is 16.5. The molecule has 0 saturated heterocycles. The first-order valence-corrected chi connectivity index (χ1v) is 10.0. The van der Waals surface area contributed by atoms with E-state index in [2.05, 4.69) is 24.3 Å². The molecule has 2 aromatic carbocycles. The maximum atomic E-state index is 10.8. The van der Waals surface area contributed by atoms with Gasteiger partial charge in [-0.1, -0.05) is 74.5 Å². The molecule has 0 saturated carbocycles. The molecular formula is C24H32O4. The molecule has 4 heteroatoms. The van der Waals surface area contributed by atoms with E-state index in [0.717, 1.165) is 25.7 Å². The van der Waals surface area contributed by atoms with Gasteiger partial charge in [-0.15, -0.1) is 0 Å². The standard InChI is InChI=1S/2C12H16O2/c2*1-2-12(13)14-10-6-9-11-7-4-3-5-8-11/h2*3-5,7-8H,2,6,9-10H2,1H3. The van der Waals surface area contributed by atoms with E-state index in [1.807, 2.05) is 36.4 Å². The SMILES string of the molecule is CCC(=O)OCCCc1ccccc1.CCC(=O)OCCCc1ccccc1. The van der Waals surface area contributed by atoms with Gasteiger partial charge in [0.25, 0.3) is 0 Å². The molecule has 0 aliphatic heterocycles. The predicted molar refractivity (Wildman–Crippen MR) is 112 cm³/mol. The van der Waals surface area contributed by atoms with Crippen LogP contribution in [0.15, 0.2) is 60.7 Å². The Morgan fingerprint density at radius 1 is 0.643 bits per heavy atom. The van der Waals surface area contributed by atoms with Crippen LogP contribution in [-0.2, 0) is 31.9 Å². The zero-order valence-corrected chi connectivity index (χ0v) is 17.1. The average molecular weight is 385 g/mol. The molecule has 0 aliphatic carbocycles. The number of aryl methyl sites for hydroxylation is 2. The minimum atomic E-state index is -0.113. The van der Waals surface area contributed by atoms with Crippen molar-refractivity contribution in [2.45, 2.75) is 52.4 Å². The second-order valence-corrected chi connectivity index (χ2v) is 6.33. The van der Waals surface area contributed by atoms with Gasteiger partial charge in [0, 0.05) is 12.8 Å². The number of carbonyl (C=O) groups is 2. The molecule has 152 valence electrons. The Balaban J connectivity index is 0.000000280. The maximum absolute atomic E-state index is 10.8. The van der Waals surface area contributed by atoms with Gasteiger partial charge in [0.1, 0.15) is 0 Å². The van der Waals surface area contributed by atoms with Gasteiger partial charge in [0.15, 0.2) is 0 Å². The van der Waals surface area contributed by atoms with Gasteiger partial charge in [-0.3, -0.25) is 9.59 Å². The summed E-state index contributed by atoms with van der Waals surface area (Å²) in [7, 11) is 0. The minimum Gasteiger partial charge on any atom is -0.466 e. The maximum Gasteiger partial charge on any atom is 0.305 e. The Hall–Kier alpha value is -2.62. The van der Waals surface area contributed by atoms with Crippen LogP contribution in [0.5, 0.6) is 0 Å². The van der Waals surface area contributed by atoms with E-state index in [9.17, 15) is 9.59 Å². The zero-order valence-electron chi connectivity index (χ0n) is 17.1. The number of ether oxygens (including phenoxy) is 2. The van der Waals surface area contributed by atoms with Crippen LogP contribution in [0.4, 0.5) is 0 Å². The van der Waals surface area contributed by atoms with Crippen molar-refractivity contribution < 1.29 is 19.1 Å². The number of esters is 2. The Bertz CT molecular complexity index is 593.